The average molecular weight is 391 g/mol. The maximum atomic E-state index is 13.1. The van der Waals surface area contributed by atoms with Crippen LogP contribution in [-0.4, -0.2) is 41.3 Å². The molecule has 6 nitrogen and oxygen atoms in total. The molecule has 2 N–H and O–H groups in total. The second-order valence-electron chi connectivity index (χ2n) is 9.25. The Kier molecular flexibility index (Phi) is 7.47. The highest BCUT2D eigenvalue weighted by Crippen LogP contribution is 2.21. The number of hydrogen-bond acceptors (Lipinski definition) is 3. The highest BCUT2D eigenvalue weighted by molar-refractivity contribution is 5.84. The van der Waals surface area contributed by atoms with Crippen LogP contribution in [0.2, 0.25) is 0 Å². The zero-order chi connectivity index (χ0) is 20.8. The van der Waals surface area contributed by atoms with Crippen molar-refractivity contribution in [3.63, 3.8) is 0 Å². The van der Waals surface area contributed by atoms with Gasteiger partial charge in [0.15, 0.2) is 0 Å². The van der Waals surface area contributed by atoms with Crippen LogP contribution in [0.1, 0.15) is 59.4 Å². The van der Waals surface area contributed by atoms with E-state index in [9.17, 15) is 9.59 Å². The molecule has 0 spiro atoms. The number of ether oxygens (including phenoxy) is 1. The molecule has 0 radical (unpaired) electrons. The molecule has 1 aliphatic heterocycles. The van der Waals surface area contributed by atoms with Crippen molar-refractivity contribution in [2.24, 2.45) is 5.92 Å². The monoisotopic (exact) mass is 390 g/mol. The van der Waals surface area contributed by atoms with E-state index in [1.807, 2.05) is 52.8 Å². The molecule has 1 aromatic rings. The Bertz CT molecular complexity index is 647. The molecule has 0 unspecified atom stereocenters. The van der Waals surface area contributed by atoms with E-state index in [0.717, 1.165) is 32.5 Å². The van der Waals surface area contributed by atoms with E-state index in [2.05, 4.69) is 22.9 Å². The van der Waals surface area contributed by atoms with Crippen molar-refractivity contribution in [2.45, 2.75) is 72.1 Å². The van der Waals surface area contributed by atoms with E-state index in [0.29, 0.717) is 11.0 Å². The molecular formula is C22H36N3O3+. The molecule has 2 amide bonds. The van der Waals surface area contributed by atoms with Crippen molar-refractivity contribution in [1.82, 2.24) is 10.7 Å². The summed E-state index contributed by atoms with van der Waals surface area (Å²) in [6, 6.07) is 9.62. The number of carbonyl (C=O) groups is 2. The fourth-order valence-corrected chi connectivity index (χ4v) is 3.65. The number of quaternary nitrogens is 1. The lowest BCUT2D eigenvalue weighted by Crippen LogP contribution is -2.62. The van der Waals surface area contributed by atoms with Crippen molar-refractivity contribution >= 4 is 12.0 Å². The van der Waals surface area contributed by atoms with Crippen LogP contribution in [0.15, 0.2) is 30.3 Å². The first-order chi connectivity index (χ1) is 13.1. The minimum absolute atomic E-state index is 0.141. The van der Waals surface area contributed by atoms with Gasteiger partial charge in [-0.3, -0.25) is 4.79 Å². The maximum Gasteiger partial charge on any atom is 0.408 e. The topological polar surface area (TPSA) is 67.4 Å². The van der Waals surface area contributed by atoms with Gasteiger partial charge in [-0.15, -0.1) is 0 Å². The number of nitrogens with one attached hydrogen (secondary N) is 2. The molecule has 0 bridgehead atoms. The minimum Gasteiger partial charge on any atom is -0.444 e. The van der Waals surface area contributed by atoms with Crippen LogP contribution in [0.4, 0.5) is 4.79 Å². The minimum atomic E-state index is -0.610. The van der Waals surface area contributed by atoms with Crippen LogP contribution >= 0.6 is 0 Å². The first kappa shape index (κ1) is 22.2. The number of amides is 2. The summed E-state index contributed by atoms with van der Waals surface area (Å²) < 4.78 is 5.89. The van der Waals surface area contributed by atoms with Gasteiger partial charge in [0.05, 0.1) is 0 Å². The second-order valence-corrected chi connectivity index (χ2v) is 9.25. The lowest BCUT2D eigenvalue weighted by molar-refractivity contribution is -0.963. The number of nitrogens with zero attached hydrogens (tertiary/aromatic N) is 1. The Hall–Kier alpha value is -2.08. The van der Waals surface area contributed by atoms with Crippen molar-refractivity contribution < 1.29 is 18.9 Å². The van der Waals surface area contributed by atoms with Crippen LogP contribution in [0, 0.1) is 5.92 Å². The lowest BCUT2D eigenvalue weighted by Gasteiger charge is -2.35. The van der Waals surface area contributed by atoms with Crippen LogP contribution in [0.25, 0.3) is 0 Å². The standard InChI is InChI=1S/C22H35N3O3/c1-17(2)15-19(23-21(27)28-22(3,4)5)20(26)24-25(13-9-10-14-25)16-18-11-7-6-8-12-18/h6-8,11-12,17,19H,9-10,13-16H2,1-5H3,(H-,23,24,26,27)/p+1/t19-/m0/s1. The number of benzene rings is 1. The van der Waals surface area contributed by atoms with Crippen LogP contribution < -0.4 is 10.7 Å². The van der Waals surface area contributed by atoms with E-state index in [-0.39, 0.29) is 11.8 Å². The van der Waals surface area contributed by atoms with Crippen molar-refractivity contribution in [2.75, 3.05) is 13.1 Å². The maximum absolute atomic E-state index is 13.1. The van der Waals surface area contributed by atoms with Crippen LogP contribution in [0.3, 0.4) is 0 Å². The molecule has 0 aromatic heterocycles. The molecule has 1 atom stereocenters. The number of likely N-dealkylation sites (tertiary alicyclic amines) is 1. The highest BCUT2D eigenvalue weighted by atomic mass is 16.6. The normalized spacial score (nSPS) is 17.2. The van der Waals surface area contributed by atoms with E-state index < -0.39 is 17.7 Å². The van der Waals surface area contributed by atoms with E-state index in [1.54, 1.807) is 0 Å². The molecule has 1 aromatic carbocycles. The quantitative estimate of drug-likeness (QED) is 0.697. The van der Waals surface area contributed by atoms with Gasteiger partial charge in [-0.05, 0) is 33.1 Å². The first-order valence-corrected chi connectivity index (χ1v) is 10.3. The predicted molar refractivity (Wildman–Crippen MR) is 110 cm³/mol. The number of alkyl carbamates (subject to hydrolysis) is 1. The van der Waals surface area contributed by atoms with Gasteiger partial charge in [0.1, 0.15) is 31.3 Å². The SMILES string of the molecule is CC(C)C[C@H](NC(=O)OC(C)(C)C)C(=O)N[N+]1(Cc2ccccc2)CCCC1. The van der Waals surface area contributed by atoms with Gasteiger partial charge in [-0.1, -0.05) is 44.2 Å². The van der Waals surface area contributed by atoms with Crippen LogP contribution in [-0.2, 0) is 16.1 Å². The van der Waals surface area contributed by atoms with Gasteiger partial charge in [0.25, 0.3) is 5.91 Å². The Morgan fingerprint density at radius 1 is 1.11 bits per heavy atom. The summed E-state index contributed by atoms with van der Waals surface area (Å²) in [5, 5.41) is 2.78. The number of rotatable bonds is 7. The molecule has 28 heavy (non-hydrogen) atoms. The summed E-state index contributed by atoms with van der Waals surface area (Å²) >= 11 is 0. The summed E-state index contributed by atoms with van der Waals surface area (Å²) in [6.45, 7) is 12.1. The van der Waals surface area contributed by atoms with Crippen molar-refractivity contribution in [3.8, 4) is 0 Å². The molecule has 6 heteroatoms. The van der Waals surface area contributed by atoms with Crippen LogP contribution in [0.5, 0.6) is 0 Å². The van der Waals surface area contributed by atoms with E-state index in [4.69, 9.17) is 4.74 Å². The Balaban J connectivity index is 2.09. The Morgan fingerprint density at radius 3 is 2.25 bits per heavy atom. The van der Waals surface area contributed by atoms with Gasteiger partial charge in [-0.25, -0.2) is 9.39 Å². The van der Waals surface area contributed by atoms with E-state index in [1.165, 1.54) is 5.56 Å². The third kappa shape index (κ3) is 7.15. The summed E-state index contributed by atoms with van der Waals surface area (Å²) in [5.41, 5.74) is 3.84. The van der Waals surface area contributed by atoms with Crippen molar-refractivity contribution in [3.05, 3.63) is 35.9 Å². The van der Waals surface area contributed by atoms with Gasteiger partial charge >= 0.3 is 6.09 Å². The number of carbonyl (C=O) groups excluding carboxylic acids is 2. The summed E-state index contributed by atoms with van der Waals surface area (Å²) in [4.78, 5) is 25.4. The van der Waals surface area contributed by atoms with Gasteiger partial charge in [0, 0.05) is 18.4 Å². The van der Waals surface area contributed by atoms with Gasteiger partial charge in [0.2, 0.25) is 0 Å². The first-order valence-electron chi connectivity index (χ1n) is 10.3. The highest BCUT2D eigenvalue weighted by Gasteiger charge is 2.37. The lowest BCUT2D eigenvalue weighted by atomic mass is 10.0. The Morgan fingerprint density at radius 2 is 1.71 bits per heavy atom. The molecule has 0 saturated carbocycles. The third-order valence-electron chi connectivity index (χ3n) is 4.81. The zero-order valence-corrected chi connectivity index (χ0v) is 18.0. The summed E-state index contributed by atoms with van der Waals surface area (Å²) in [7, 11) is 0. The molecule has 2 rings (SSSR count). The van der Waals surface area contributed by atoms with Crippen molar-refractivity contribution in [1.29, 1.82) is 0 Å². The summed E-state index contributed by atoms with van der Waals surface area (Å²) in [6.07, 6.45) is 2.18. The fourth-order valence-electron chi connectivity index (χ4n) is 3.65. The Labute approximate surface area is 169 Å². The second kappa shape index (κ2) is 9.41. The zero-order valence-electron chi connectivity index (χ0n) is 18.0. The molecule has 0 aliphatic carbocycles. The average Bonchev–Trinajstić information content (AvgIpc) is 3.01. The predicted octanol–water partition coefficient (Wildman–Crippen LogP) is 3.77. The molecule has 1 fully saturated rings. The third-order valence-corrected chi connectivity index (χ3v) is 4.81. The largest absolute Gasteiger partial charge is 0.444 e. The smallest absolute Gasteiger partial charge is 0.408 e. The number of hydrogen-bond donors (Lipinski definition) is 2. The van der Waals surface area contributed by atoms with E-state index >= 15 is 0 Å². The molecule has 1 heterocycles. The van der Waals surface area contributed by atoms with Gasteiger partial charge in [-0.2, -0.15) is 5.43 Å². The fraction of sp³-hybridized carbons (Fsp3) is 0.636. The van der Waals surface area contributed by atoms with Gasteiger partial charge < -0.3 is 10.1 Å². The molecule has 1 aliphatic rings. The molecule has 1 saturated heterocycles. The summed E-state index contributed by atoms with van der Waals surface area (Å²) in [5.74, 6) is 0.129. The molecule has 156 valence electrons. The molecular weight excluding hydrogens is 354 g/mol.